The van der Waals surface area contributed by atoms with E-state index < -0.39 is 6.36 Å². The van der Waals surface area contributed by atoms with Gasteiger partial charge in [-0.15, -0.1) is 13.2 Å². The second-order valence-corrected chi connectivity index (χ2v) is 4.57. The van der Waals surface area contributed by atoms with Crippen molar-refractivity contribution in [1.82, 2.24) is 0 Å². The second kappa shape index (κ2) is 5.29. The Morgan fingerprint density at radius 1 is 1.05 bits per heavy atom. The van der Waals surface area contributed by atoms with Crippen LogP contribution in [0.4, 0.5) is 13.2 Å². The molecule has 0 radical (unpaired) electrons. The van der Waals surface area contributed by atoms with Crippen molar-refractivity contribution < 1.29 is 27.4 Å². The molecule has 0 saturated carbocycles. The van der Waals surface area contributed by atoms with Crippen LogP contribution in [0, 0.1) is 0 Å². The van der Waals surface area contributed by atoms with Crippen molar-refractivity contribution in [2.24, 2.45) is 0 Å². The van der Waals surface area contributed by atoms with E-state index in [1.165, 1.54) is 12.1 Å². The van der Waals surface area contributed by atoms with Crippen LogP contribution in [0.2, 0.25) is 0 Å². The quantitative estimate of drug-likeness (QED) is 0.828. The van der Waals surface area contributed by atoms with Gasteiger partial charge in [-0.3, -0.25) is 0 Å². The van der Waals surface area contributed by atoms with Gasteiger partial charge in [0.05, 0.1) is 0 Å². The predicted molar refractivity (Wildman–Crippen MR) is 74.8 cm³/mol. The summed E-state index contributed by atoms with van der Waals surface area (Å²) in [6.07, 6.45) is -3.05. The van der Waals surface area contributed by atoms with Crippen LogP contribution in [0.15, 0.2) is 43.0 Å². The number of hydrogen-bond acceptors (Lipinski definition) is 3. The maximum absolute atomic E-state index is 12.2. The average Bonchev–Trinajstić information content (AvgIpc) is 2.92. The van der Waals surface area contributed by atoms with Crippen molar-refractivity contribution in [2.75, 3.05) is 6.79 Å². The van der Waals surface area contributed by atoms with E-state index in [9.17, 15) is 13.2 Å². The normalized spacial score (nSPS) is 13.0. The summed E-state index contributed by atoms with van der Waals surface area (Å²) in [5.74, 6) is 0.948. The fraction of sp³-hybridized carbons (Fsp3) is 0.125. The van der Waals surface area contributed by atoms with E-state index in [0.717, 1.165) is 16.7 Å². The topological polar surface area (TPSA) is 27.7 Å². The lowest BCUT2D eigenvalue weighted by Crippen LogP contribution is -2.16. The predicted octanol–water partition coefficient (Wildman–Crippen LogP) is 4.62. The van der Waals surface area contributed by atoms with Crippen molar-refractivity contribution in [3.05, 3.63) is 48.5 Å². The van der Waals surface area contributed by atoms with E-state index >= 15 is 0 Å². The van der Waals surface area contributed by atoms with Crippen molar-refractivity contribution in [3.8, 4) is 28.4 Å². The van der Waals surface area contributed by atoms with Gasteiger partial charge in [-0.1, -0.05) is 24.8 Å². The lowest BCUT2D eigenvalue weighted by molar-refractivity contribution is -0.274. The molecule has 2 aromatic carbocycles. The fourth-order valence-electron chi connectivity index (χ4n) is 2.21. The molecule has 1 aliphatic heterocycles. The second-order valence-electron chi connectivity index (χ2n) is 4.57. The summed E-state index contributed by atoms with van der Waals surface area (Å²) in [6, 6.07) is 9.18. The van der Waals surface area contributed by atoms with Crippen LogP contribution in [-0.4, -0.2) is 13.2 Å². The van der Waals surface area contributed by atoms with Crippen LogP contribution in [0.3, 0.4) is 0 Å². The first-order chi connectivity index (χ1) is 10.5. The molecule has 3 rings (SSSR count). The van der Waals surface area contributed by atoms with Gasteiger partial charge in [0.2, 0.25) is 6.79 Å². The minimum absolute atomic E-state index is 0.147. The van der Waals surface area contributed by atoms with Crippen LogP contribution in [0.1, 0.15) is 5.56 Å². The van der Waals surface area contributed by atoms with Gasteiger partial charge in [0.25, 0.3) is 0 Å². The summed E-state index contributed by atoms with van der Waals surface area (Å²) in [6.45, 7) is 3.89. The molecule has 0 atom stereocenters. The van der Waals surface area contributed by atoms with Crippen molar-refractivity contribution in [2.45, 2.75) is 6.36 Å². The highest BCUT2D eigenvalue weighted by Crippen LogP contribution is 2.39. The maximum atomic E-state index is 12.2. The molecule has 0 amide bonds. The lowest BCUT2D eigenvalue weighted by atomic mass is 9.99. The lowest BCUT2D eigenvalue weighted by Gasteiger charge is -2.11. The number of halogens is 3. The number of ether oxygens (including phenoxy) is 3. The van der Waals surface area contributed by atoms with E-state index in [2.05, 4.69) is 11.3 Å². The maximum Gasteiger partial charge on any atom is 0.573 e. The van der Waals surface area contributed by atoms with E-state index in [0.29, 0.717) is 11.5 Å². The highest BCUT2D eigenvalue weighted by molar-refractivity contribution is 5.78. The molecule has 0 fully saturated rings. The molecule has 0 aliphatic carbocycles. The Morgan fingerprint density at radius 3 is 2.27 bits per heavy atom. The van der Waals surface area contributed by atoms with Crippen molar-refractivity contribution in [3.63, 3.8) is 0 Å². The third-order valence-electron chi connectivity index (χ3n) is 3.16. The number of fused-ring (bicyclic) bond motifs is 1. The zero-order valence-electron chi connectivity index (χ0n) is 11.3. The SMILES string of the molecule is C=Cc1cc2c(cc1-c1ccc(OC(F)(F)F)cc1)OCO2. The van der Waals surface area contributed by atoms with E-state index in [1.807, 2.05) is 0 Å². The summed E-state index contributed by atoms with van der Waals surface area (Å²) in [7, 11) is 0. The monoisotopic (exact) mass is 308 g/mol. The van der Waals surface area contributed by atoms with Gasteiger partial charge in [-0.25, -0.2) is 0 Å². The Balaban J connectivity index is 1.96. The van der Waals surface area contributed by atoms with Crippen LogP contribution >= 0.6 is 0 Å². The molecule has 114 valence electrons. The van der Waals surface area contributed by atoms with Gasteiger partial charge in [0, 0.05) is 0 Å². The molecule has 0 aromatic heterocycles. The zero-order chi connectivity index (χ0) is 15.7. The number of rotatable bonds is 3. The van der Waals surface area contributed by atoms with Crippen LogP contribution < -0.4 is 14.2 Å². The van der Waals surface area contributed by atoms with Gasteiger partial charge in [-0.2, -0.15) is 0 Å². The Hall–Kier alpha value is -2.63. The van der Waals surface area contributed by atoms with E-state index in [4.69, 9.17) is 9.47 Å². The molecule has 6 heteroatoms. The number of benzene rings is 2. The minimum atomic E-state index is -4.70. The van der Waals surface area contributed by atoms with Crippen LogP contribution in [-0.2, 0) is 0 Å². The summed E-state index contributed by atoms with van der Waals surface area (Å²) >= 11 is 0. The van der Waals surface area contributed by atoms with Crippen molar-refractivity contribution in [1.29, 1.82) is 0 Å². The molecule has 1 heterocycles. The van der Waals surface area contributed by atoms with E-state index in [1.54, 1.807) is 30.3 Å². The third kappa shape index (κ3) is 2.86. The number of hydrogen-bond donors (Lipinski definition) is 0. The third-order valence-corrected chi connectivity index (χ3v) is 3.16. The van der Waals surface area contributed by atoms with Gasteiger partial charge in [-0.05, 0) is 41.0 Å². The molecule has 3 nitrogen and oxygen atoms in total. The summed E-state index contributed by atoms with van der Waals surface area (Å²) in [5, 5.41) is 0. The zero-order valence-corrected chi connectivity index (χ0v) is 11.3. The molecular formula is C16H11F3O3. The molecule has 0 saturated heterocycles. The van der Waals surface area contributed by atoms with E-state index in [-0.39, 0.29) is 12.5 Å². The van der Waals surface area contributed by atoms with Crippen molar-refractivity contribution >= 4 is 6.08 Å². The highest BCUT2D eigenvalue weighted by Gasteiger charge is 2.31. The first-order valence-corrected chi connectivity index (χ1v) is 6.38. The van der Waals surface area contributed by atoms with Crippen LogP contribution in [0.25, 0.3) is 17.2 Å². The molecule has 2 aromatic rings. The van der Waals surface area contributed by atoms with Gasteiger partial charge >= 0.3 is 6.36 Å². The molecule has 0 N–H and O–H groups in total. The first-order valence-electron chi connectivity index (χ1n) is 6.38. The molecular weight excluding hydrogens is 297 g/mol. The standard InChI is InChI=1S/C16H11F3O3/c1-2-10-7-14-15(21-9-20-14)8-13(10)11-3-5-12(6-4-11)22-16(17,18)19/h2-8H,1,9H2. The van der Waals surface area contributed by atoms with Gasteiger partial charge < -0.3 is 14.2 Å². The minimum Gasteiger partial charge on any atom is -0.454 e. The summed E-state index contributed by atoms with van der Waals surface area (Å²) in [5.41, 5.74) is 2.31. The Labute approximate surface area is 124 Å². The molecule has 0 unspecified atom stereocenters. The Bertz CT molecular complexity index is 706. The average molecular weight is 308 g/mol. The number of alkyl halides is 3. The molecule has 22 heavy (non-hydrogen) atoms. The summed E-state index contributed by atoms with van der Waals surface area (Å²) < 4.78 is 51.0. The molecule has 0 bridgehead atoms. The molecule has 1 aliphatic rings. The first kappa shape index (κ1) is 14.3. The highest BCUT2D eigenvalue weighted by atomic mass is 19.4. The Morgan fingerprint density at radius 2 is 1.68 bits per heavy atom. The van der Waals surface area contributed by atoms with Gasteiger partial charge in [0.15, 0.2) is 11.5 Å². The van der Waals surface area contributed by atoms with Crippen LogP contribution in [0.5, 0.6) is 17.2 Å². The largest absolute Gasteiger partial charge is 0.573 e. The van der Waals surface area contributed by atoms with Gasteiger partial charge in [0.1, 0.15) is 5.75 Å². The fourth-order valence-corrected chi connectivity index (χ4v) is 2.21. The summed E-state index contributed by atoms with van der Waals surface area (Å²) in [4.78, 5) is 0. The smallest absolute Gasteiger partial charge is 0.454 e. The molecule has 0 spiro atoms. The Kier molecular flexibility index (Phi) is 3.44.